The molecule has 0 aliphatic carbocycles. The molecule has 66 valence electrons. The molecule has 1 aliphatic rings. The minimum absolute atomic E-state index is 0.898. The second-order valence-electron chi connectivity index (χ2n) is 2.65. The number of aliphatic imine (C=N–C) groups is 1. The SMILES string of the molecule is SC1=C/C=C/NCCCC/N=C\1. The summed E-state index contributed by atoms with van der Waals surface area (Å²) in [6.07, 6.45) is 9.92. The van der Waals surface area contributed by atoms with Crippen LogP contribution in [-0.2, 0) is 0 Å². The highest BCUT2D eigenvalue weighted by atomic mass is 32.1. The lowest BCUT2D eigenvalue weighted by Crippen LogP contribution is -2.06. The van der Waals surface area contributed by atoms with Crippen LogP contribution in [0.5, 0.6) is 0 Å². The smallest absolute Gasteiger partial charge is 0.0390 e. The van der Waals surface area contributed by atoms with Crippen LogP contribution in [0.3, 0.4) is 0 Å². The number of nitrogens with zero attached hydrogens (tertiary/aromatic N) is 1. The van der Waals surface area contributed by atoms with E-state index in [0.717, 1.165) is 24.4 Å². The fourth-order valence-electron chi connectivity index (χ4n) is 0.929. The lowest BCUT2D eigenvalue weighted by atomic mass is 10.3. The lowest BCUT2D eigenvalue weighted by Gasteiger charge is -1.97. The van der Waals surface area contributed by atoms with Crippen molar-refractivity contribution in [1.29, 1.82) is 0 Å². The van der Waals surface area contributed by atoms with Crippen molar-refractivity contribution < 1.29 is 0 Å². The molecule has 12 heavy (non-hydrogen) atoms. The second-order valence-corrected chi connectivity index (χ2v) is 3.16. The van der Waals surface area contributed by atoms with Gasteiger partial charge in [-0.3, -0.25) is 4.99 Å². The van der Waals surface area contributed by atoms with Crippen molar-refractivity contribution >= 4 is 18.8 Å². The van der Waals surface area contributed by atoms with E-state index in [4.69, 9.17) is 0 Å². The van der Waals surface area contributed by atoms with Crippen LogP contribution in [0, 0.1) is 0 Å². The van der Waals surface area contributed by atoms with Gasteiger partial charge in [0.15, 0.2) is 0 Å². The molecule has 1 N–H and O–H groups in total. The van der Waals surface area contributed by atoms with Crippen molar-refractivity contribution in [3.8, 4) is 0 Å². The van der Waals surface area contributed by atoms with Crippen molar-refractivity contribution in [3.05, 3.63) is 23.3 Å². The van der Waals surface area contributed by atoms with Crippen molar-refractivity contribution in [2.45, 2.75) is 12.8 Å². The molecule has 0 saturated heterocycles. The molecule has 0 amide bonds. The molecule has 0 aromatic heterocycles. The molecule has 0 spiro atoms. The number of rotatable bonds is 0. The largest absolute Gasteiger partial charge is 0.391 e. The van der Waals surface area contributed by atoms with Gasteiger partial charge in [0.25, 0.3) is 0 Å². The number of allylic oxidation sites excluding steroid dienone is 3. The minimum atomic E-state index is 0.898. The van der Waals surface area contributed by atoms with Gasteiger partial charge in [0.05, 0.1) is 0 Å². The molecule has 0 atom stereocenters. The fraction of sp³-hybridized carbons (Fsp3) is 0.444. The summed E-state index contributed by atoms with van der Waals surface area (Å²) in [4.78, 5) is 5.12. The Morgan fingerprint density at radius 1 is 1.42 bits per heavy atom. The van der Waals surface area contributed by atoms with Crippen molar-refractivity contribution in [2.75, 3.05) is 13.1 Å². The van der Waals surface area contributed by atoms with E-state index in [2.05, 4.69) is 22.9 Å². The van der Waals surface area contributed by atoms with Crippen molar-refractivity contribution in [3.63, 3.8) is 0 Å². The third-order valence-corrected chi connectivity index (χ3v) is 1.83. The van der Waals surface area contributed by atoms with E-state index in [0.29, 0.717) is 0 Å². The highest BCUT2D eigenvalue weighted by molar-refractivity contribution is 7.85. The highest BCUT2D eigenvalue weighted by Crippen LogP contribution is 1.98. The van der Waals surface area contributed by atoms with Crippen molar-refractivity contribution in [2.24, 2.45) is 4.99 Å². The standard InChI is InChI=1S/C9H14N2S/c12-9-4-3-7-10-5-1-2-6-11-8-9/h3-4,7-8,10,12H,1-2,5-6H2/b7-3+,9-4+,11-8-. The van der Waals surface area contributed by atoms with Crippen LogP contribution in [0.15, 0.2) is 28.2 Å². The Morgan fingerprint density at radius 2 is 2.33 bits per heavy atom. The molecule has 2 nitrogen and oxygen atoms in total. The summed E-state index contributed by atoms with van der Waals surface area (Å²) in [5.74, 6) is 0. The summed E-state index contributed by atoms with van der Waals surface area (Å²) < 4.78 is 0. The minimum Gasteiger partial charge on any atom is -0.391 e. The Balaban J connectivity index is 2.51. The first-order chi connectivity index (χ1) is 5.89. The number of thiol groups is 1. The Morgan fingerprint density at radius 3 is 3.25 bits per heavy atom. The van der Waals surface area contributed by atoms with Crippen molar-refractivity contribution in [1.82, 2.24) is 5.32 Å². The maximum atomic E-state index is 4.23. The van der Waals surface area contributed by atoms with Crippen LogP contribution in [0.4, 0.5) is 0 Å². The first-order valence-electron chi connectivity index (χ1n) is 4.18. The Kier molecular flexibility index (Phi) is 4.61. The molecule has 1 heterocycles. The summed E-state index contributed by atoms with van der Waals surface area (Å²) in [6, 6.07) is 0. The van der Waals surface area contributed by atoms with Gasteiger partial charge in [-0.2, -0.15) is 0 Å². The first kappa shape index (κ1) is 9.39. The predicted octanol–water partition coefficient (Wildman–Crippen LogP) is 1.77. The Bertz CT molecular complexity index is 207. The quantitative estimate of drug-likeness (QED) is 0.548. The van der Waals surface area contributed by atoms with Crippen LogP contribution >= 0.6 is 12.6 Å². The number of hydrogen-bond acceptors (Lipinski definition) is 3. The molecule has 0 fully saturated rings. The Labute approximate surface area is 78.9 Å². The monoisotopic (exact) mass is 182 g/mol. The van der Waals surface area contributed by atoms with E-state index < -0.39 is 0 Å². The van der Waals surface area contributed by atoms with E-state index in [9.17, 15) is 0 Å². The number of nitrogens with one attached hydrogen (secondary N) is 1. The molecule has 1 rings (SSSR count). The molecule has 1 aliphatic heterocycles. The van der Waals surface area contributed by atoms with Crippen LogP contribution in [0.2, 0.25) is 0 Å². The molecular weight excluding hydrogens is 168 g/mol. The molecule has 3 heteroatoms. The van der Waals surface area contributed by atoms with Gasteiger partial charge in [0.1, 0.15) is 0 Å². The van der Waals surface area contributed by atoms with Crippen LogP contribution in [0.25, 0.3) is 0 Å². The topological polar surface area (TPSA) is 24.4 Å². The highest BCUT2D eigenvalue weighted by Gasteiger charge is 1.87. The normalized spacial score (nSPS) is 28.9. The third-order valence-electron chi connectivity index (χ3n) is 1.56. The zero-order valence-corrected chi connectivity index (χ0v) is 7.93. The van der Waals surface area contributed by atoms with Crippen LogP contribution in [0.1, 0.15) is 12.8 Å². The molecule has 0 bridgehead atoms. The summed E-state index contributed by atoms with van der Waals surface area (Å²) in [5, 5.41) is 3.19. The van der Waals surface area contributed by atoms with Gasteiger partial charge in [-0.25, -0.2) is 0 Å². The molecule has 0 radical (unpaired) electrons. The lowest BCUT2D eigenvalue weighted by molar-refractivity contribution is 0.705. The van der Waals surface area contributed by atoms with Gasteiger partial charge in [-0.05, 0) is 31.2 Å². The van der Waals surface area contributed by atoms with E-state index in [1.54, 1.807) is 6.21 Å². The molecule has 0 saturated carbocycles. The predicted molar refractivity (Wildman–Crippen MR) is 56.8 cm³/mol. The summed E-state index contributed by atoms with van der Waals surface area (Å²) in [5.41, 5.74) is 0. The van der Waals surface area contributed by atoms with Gasteiger partial charge in [0.2, 0.25) is 0 Å². The second kappa shape index (κ2) is 5.89. The Hall–Kier alpha value is -0.700. The summed E-state index contributed by atoms with van der Waals surface area (Å²) in [7, 11) is 0. The van der Waals surface area contributed by atoms with E-state index >= 15 is 0 Å². The maximum Gasteiger partial charge on any atom is 0.0390 e. The van der Waals surface area contributed by atoms with Gasteiger partial charge in [0, 0.05) is 24.2 Å². The maximum absolute atomic E-state index is 4.23. The third kappa shape index (κ3) is 4.23. The zero-order valence-electron chi connectivity index (χ0n) is 7.03. The number of hydrogen-bond donors (Lipinski definition) is 2. The first-order valence-corrected chi connectivity index (χ1v) is 4.63. The summed E-state index contributed by atoms with van der Waals surface area (Å²) >= 11 is 4.23. The average Bonchev–Trinajstić information content (AvgIpc) is 2.11. The van der Waals surface area contributed by atoms with E-state index in [1.165, 1.54) is 6.42 Å². The zero-order chi connectivity index (χ0) is 8.65. The van der Waals surface area contributed by atoms with Gasteiger partial charge >= 0.3 is 0 Å². The van der Waals surface area contributed by atoms with E-state index in [-0.39, 0.29) is 0 Å². The van der Waals surface area contributed by atoms with Crippen LogP contribution < -0.4 is 5.32 Å². The van der Waals surface area contributed by atoms with Gasteiger partial charge in [-0.15, -0.1) is 12.6 Å². The van der Waals surface area contributed by atoms with Gasteiger partial charge < -0.3 is 5.32 Å². The molecule has 0 aromatic rings. The average molecular weight is 182 g/mol. The van der Waals surface area contributed by atoms with E-state index in [1.807, 2.05) is 18.4 Å². The summed E-state index contributed by atoms with van der Waals surface area (Å²) in [6.45, 7) is 1.93. The molecular formula is C9H14N2S. The molecule has 0 aromatic carbocycles. The van der Waals surface area contributed by atoms with Gasteiger partial charge in [-0.1, -0.05) is 0 Å². The molecule has 0 unspecified atom stereocenters. The van der Waals surface area contributed by atoms with Crippen LogP contribution in [-0.4, -0.2) is 19.3 Å². The fourth-order valence-corrected chi connectivity index (χ4v) is 1.10.